The van der Waals surface area contributed by atoms with Crippen molar-refractivity contribution in [3.8, 4) is 17.1 Å². The smallest absolute Gasteiger partial charge is 0.264 e. The molecule has 0 radical (unpaired) electrons. The predicted molar refractivity (Wildman–Crippen MR) is 129 cm³/mol. The highest BCUT2D eigenvalue weighted by molar-refractivity contribution is 6.30. The largest absolute Gasteiger partial charge is 0.483 e. The monoisotopic (exact) mass is 479 g/mol. The van der Waals surface area contributed by atoms with Crippen molar-refractivity contribution in [1.29, 1.82) is 0 Å². The molecule has 2 aromatic carbocycles. The van der Waals surface area contributed by atoms with E-state index in [-0.39, 0.29) is 12.5 Å². The van der Waals surface area contributed by atoms with Gasteiger partial charge in [0.2, 0.25) is 11.7 Å². The van der Waals surface area contributed by atoms with E-state index in [1.54, 1.807) is 12.4 Å². The van der Waals surface area contributed by atoms with Crippen LogP contribution in [-0.4, -0.2) is 43.6 Å². The Morgan fingerprint density at radius 2 is 2.00 bits per heavy atom. The summed E-state index contributed by atoms with van der Waals surface area (Å²) < 4.78 is 13.2. The predicted octanol–water partition coefficient (Wildman–Crippen LogP) is 5.03. The molecule has 4 aromatic rings. The number of benzene rings is 2. The van der Waals surface area contributed by atoms with Crippen LogP contribution in [0, 0.1) is 6.92 Å². The number of rotatable bonds is 7. The molecule has 1 aliphatic heterocycles. The first-order valence-corrected chi connectivity index (χ1v) is 11.9. The minimum Gasteiger partial charge on any atom is -0.483 e. The zero-order valence-corrected chi connectivity index (χ0v) is 19.8. The summed E-state index contributed by atoms with van der Waals surface area (Å²) in [6.45, 7) is 4.46. The second-order valence-corrected chi connectivity index (χ2v) is 8.98. The molecule has 1 fully saturated rings. The van der Waals surface area contributed by atoms with Gasteiger partial charge in [0, 0.05) is 36.6 Å². The maximum atomic E-state index is 12.5. The van der Waals surface area contributed by atoms with Gasteiger partial charge in [-0.1, -0.05) is 16.8 Å². The number of halogens is 1. The number of carbonyl (C=O) groups excluding carboxylic acids is 1. The molecule has 1 amide bonds. The van der Waals surface area contributed by atoms with Gasteiger partial charge in [0.25, 0.3) is 5.89 Å². The summed E-state index contributed by atoms with van der Waals surface area (Å²) in [4.78, 5) is 23.4. The molecule has 0 bridgehead atoms. The van der Waals surface area contributed by atoms with E-state index in [1.165, 1.54) is 6.42 Å². The Morgan fingerprint density at radius 3 is 2.82 bits per heavy atom. The van der Waals surface area contributed by atoms with Crippen LogP contribution < -0.4 is 4.74 Å². The average Bonchev–Trinajstić information content (AvgIpc) is 3.49. The number of likely N-dealkylation sites (tertiary alicyclic amines) is 1. The van der Waals surface area contributed by atoms with Crippen molar-refractivity contribution in [1.82, 2.24) is 24.6 Å². The standard InChI is InChI=1S/C25H26ClN5O3/c1-17-13-19(26)6-8-22(17)33-15-23-28-25(29-34-23)18-5-7-21-20(14-18)27-16-31(21)12-9-24(32)30-10-3-2-4-11-30/h5-8,13-14,16H,2-4,9-12,15H2,1H3. The Balaban J connectivity index is 1.23. The summed E-state index contributed by atoms with van der Waals surface area (Å²) in [5, 5.41) is 4.75. The molecule has 0 spiro atoms. The zero-order chi connectivity index (χ0) is 23.5. The number of hydrogen-bond acceptors (Lipinski definition) is 6. The van der Waals surface area contributed by atoms with Gasteiger partial charge in [-0.3, -0.25) is 4.79 Å². The maximum Gasteiger partial charge on any atom is 0.264 e. The Morgan fingerprint density at radius 1 is 1.15 bits per heavy atom. The minimum atomic E-state index is 0.164. The van der Waals surface area contributed by atoms with Crippen LogP contribution in [0.4, 0.5) is 0 Å². The summed E-state index contributed by atoms with van der Waals surface area (Å²) in [6.07, 6.45) is 5.69. The van der Waals surface area contributed by atoms with Crippen molar-refractivity contribution >= 4 is 28.5 Å². The first-order chi connectivity index (χ1) is 16.6. The minimum absolute atomic E-state index is 0.164. The summed E-state index contributed by atoms with van der Waals surface area (Å²) >= 11 is 5.99. The lowest BCUT2D eigenvalue weighted by atomic mass is 10.1. The molecule has 0 aliphatic carbocycles. The Bertz CT molecular complexity index is 1310. The number of amides is 1. The third kappa shape index (κ3) is 4.92. The number of imidazole rings is 1. The quantitative estimate of drug-likeness (QED) is 0.369. The van der Waals surface area contributed by atoms with Gasteiger partial charge < -0.3 is 18.7 Å². The van der Waals surface area contributed by atoms with Gasteiger partial charge in [0.1, 0.15) is 5.75 Å². The molecule has 3 heterocycles. The molecule has 0 unspecified atom stereocenters. The van der Waals surface area contributed by atoms with Crippen LogP contribution in [0.2, 0.25) is 5.02 Å². The van der Waals surface area contributed by atoms with Gasteiger partial charge in [0.05, 0.1) is 17.4 Å². The van der Waals surface area contributed by atoms with Gasteiger partial charge >= 0.3 is 0 Å². The Hall–Kier alpha value is -3.39. The van der Waals surface area contributed by atoms with Gasteiger partial charge in [-0.2, -0.15) is 4.98 Å². The number of aromatic nitrogens is 4. The zero-order valence-electron chi connectivity index (χ0n) is 19.0. The van der Waals surface area contributed by atoms with Crippen molar-refractivity contribution < 1.29 is 14.1 Å². The lowest BCUT2D eigenvalue weighted by molar-refractivity contribution is -0.132. The van der Waals surface area contributed by atoms with E-state index in [9.17, 15) is 4.79 Å². The molecule has 1 saturated heterocycles. The average molecular weight is 480 g/mol. The number of hydrogen-bond donors (Lipinski definition) is 0. The molecule has 8 nitrogen and oxygen atoms in total. The highest BCUT2D eigenvalue weighted by Gasteiger charge is 2.17. The van der Waals surface area contributed by atoms with Crippen molar-refractivity contribution in [2.45, 2.75) is 45.8 Å². The van der Waals surface area contributed by atoms with Crippen LogP contribution in [0.3, 0.4) is 0 Å². The fourth-order valence-corrected chi connectivity index (χ4v) is 4.47. The first kappa shape index (κ1) is 22.4. The van der Waals surface area contributed by atoms with Crippen LogP contribution >= 0.6 is 11.6 Å². The van der Waals surface area contributed by atoms with E-state index in [4.69, 9.17) is 20.9 Å². The summed E-state index contributed by atoms with van der Waals surface area (Å²) in [5.41, 5.74) is 3.54. The van der Waals surface area contributed by atoms with Crippen LogP contribution in [0.25, 0.3) is 22.4 Å². The highest BCUT2D eigenvalue weighted by atomic mass is 35.5. The normalized spacial score (nSPS) is 14.0. The number of fused-ring (bicyclic) bond motifs is 1. The van der Waals surface area contributed by atoms with Crippen molar-refractivity contribution in [2.24, 2.45) is 0 Å². The first-order valence-electron chi connectivity index (χ1n) is 11.5. The topological polar surface area (TPSA) is 86.3 Å². The third-order valence-electron chi connectivity index (χ3n) is 6.11. The van der Waals surface area contributed by atoms with Crippen molar-refractivity contribution in [3.05, 3.63) is 59.2 Å². The molecule has 34 heavy (non-hydrogen) atoms. The highest BCUT2D eigenvalue weighted by Crippen LogP contribution is 2.25. The van der Waals surface area contributed by atoms with Gasteiger partial charge in [-0.05, 0) is 68.1 Å². The van der Waals surface area contributed by atoms with E-state index in [0.717, 1.165) is 53.8 Å². The van der Waals surface area contributed by atoms with Crippen molar-refractivity contribution in [3.63, 3.8) is 0 Å². The van der Waals surface area contributed by atoms with E-state index in [0.29, 0.717) is 29.7 Å². The number of ether oxygens (including phenoxy) is 1. The summed E-state index contributed by atoms with van der Waals surface area (Å²) in [6, 6.07) is 11.3. The number of nitrogens with zero attached hydrogens (tertiary/aromatic N) is 5. The van der Waals surface area contributed by atoms with E-state index in [1.807, 2.05) is 46.7 Å². The van der Waals surface area contributed by atoms with E-state index < -0.39 is 0 Å². The number of piperidine rings is 1. The van der Waals surface area contributed by atoms with E-state index >= 15 is 0 Å². The summed E-state index contributed by atoms with van der Waals surface area (Å²) in [7, 11) is 0. The SMILES string of the molecule is Cc1cc(Cl)ccc1OCc1nc(-c2ccc3c(c2)ncn3CCC(=O)N2CCCCC2)no1. The molecule has 0 N–H and O–H groups in total. The molecular formula is C25H26ClN5O3. The maximum absolute atomic E-state index is 12.5. The van der Waals surface area contributed by atoms with E-state index in [2.05, 4.69) is 15.1 Å². The van der Waals surface area contributed by atoms with Crippen LogP contribution in [0.5, 0.6) is 5.75 Å². The lowest BCUT2D eigenvalue weighted by Gasteiger charge is -2.26. The third-order valence-corrected chi connectivity index (χ3v) is 6.35. The van der Waals surface area contributed by atoms with Gasteiger partial charge in [0.15, 0.2) is 6.61 Å². The Labute approximate surface area is 202 Å². The van der Waals surface area contributed by atoms with Crippen LogP contribution in [0.1, 0.15) is 37.1 Å². The molecule has 9 heteroatoms. The summed E-state index contributed by atoms with van der Waals surface area (Å²) in [5.74, 6) is 1.79. The fraction of sp³-hybridized carbons (Fsp3) is 0.360. The molecule has 5 rings (SSSR count). The molecule has 1 aliphatic rings. The van der Waals surface area contributed by atoms with Crippen LogP contribution in [0.15, 0.2) is 47.2 Å². The fourth-order valence-electron chi connectivity index (χ4n) is 4.24. The van der Waals surface area contributed by atoms with Gasteiger partial charge in [-0.15, -0.1) is 0 Å². The molecule has 0 saturated carbocycles. The molecule has 2 aromatic heterocycles. The molecule has 0 atom stereocenters. The Kier molecular flexibility index (Phi) is 6.49. The lowest BCUT2D eigenvalue weighted by Crippen LogP contribution is -2.35. The molecule has 176 valence electrons. The number of carbonyl (C=O) groups is 1. The molecular weight excluding hydrogens is 454 g/mol. The second-order valence-electron chi connectivity index (χ2n) is 8.54. The van der Waals surface area contributed by atoms with Gasteiger partial charge in [-0.25, -0.2) is 4.98 Å². The number of aryl methyl sites for hydroxylation is 2. The second kappa shape index (κ2) is 9.85. The van der Waals surface area contributed by atoms with Crippen LogP contribution in [-0.2, 0) is 17.9 Å². The van der Waals surface area contributed by atoms with Crippen molar-refractivity contribution in [2.75, 3.05) is 13.1 Å².